The van der Waals surface area contributed by atoms with Crippen LogP contribution in [0.5, 0.6) is 0 Å². The van der Waals surface area contributed by atoms with Gasteiger partial charge < -0.3 is 19.2 Å². The number of likely N-dealkylation sites (tertiary alicyclic amines) is 2. The van der Waals surface area contributed by atoms with Crippen molar-refractivity contribution in [2.24, 2.45) is 10.6 Å². The van der Waals surface area contributed by atoms with Crippen molar-refractivity contribution in [1.29, 1.82) is 0 Å². The number of piperidine rings is 1. The highest BCUT2D eigenvalue weighted by molar-refractivity contribution is 5.85. The van der Waals surface area contributed by atoms with Gasteiger partial charge >= 0.3 is 12.1 Å². The fourth-order valence-corrected chi connectivity index (χ4v) is 3.71. The minimum atomic E-state index is -0.503. The van der Waals surface area contributed by atoms with E-state index in [1.165, 1.54) is 0 Å². The first-order chi connectivity index (χ1) is 12.6. The zero-order valence-electron chi connectivity index (χ0n) is 17.0. The number of esters is 1. The summed E-state index contributed by atoms with van der Waals surface area (Å²) in [6.07, 6.45) is 1.85. The molecule has 0 N–H and O–H groups in total. The molecule has 8 nitrogen and oxygen atoms in total. The van der Waals surface area contributed by atoms with Crippen LogP contribution < -0.4 is 0 Å². The highest BCUT2D eigenvalue weighted by Gasteiger charge is 2.54. The van der Waals surface area contributed by atoms with Crippen LogP contribution in [0.25, 0.3) is 0 Å². The molecule has 3 aliphatic rings. The lowest BCUT2D eigenvalue weighted by atomic mass is 9.80. The van der Waals surface area contributed by atoms with Gasteiger partial charge in [-0.15, -0.1) is 0 Å². The molecule has 8 heteroatoms. The fourth-order valence-electron chi connectivity index (χ4n) is 3.71. The summed E-state index contributed by atoms with van der Waals surface area (Å²) in [5.74, 6) is 0.794. The van der Waals surface area contributed by atoms with E-state index in [4.69, 9.17) is 14.3 Å². The Morgan fingerprint density at radius 3 is 2.41 bits per heavy atom. The van der Waals surface area contributed by atoms with Gasteiger partial charge in [0.15, 0.2) is 5.60 Å². The SMILES string of the molecule is CCOC(=O)C1(C)CCN(C2=NOC3(C2)CN(C(=O)OC(C)(C)C)C3)CC1. The van der Waals surface area contributed by atoms with E-state index in [1.807, 2.05) is 34.6 Å². The maximum Gasteiger partial charge on any atom is 0.410 e. The van der Waals surface area contributed by atoms with Crippen LogP contribution in [0.15, 0.2) is 5.16 Å². The molecule has 27 heavy (non-hydrogen) atoms. The van der Waals surface area contributed by atoms with E-state index in [-0.39, 0.29) is 12.1 Å². The minimum absolute atomic E-state index is 0.113. The molecular formula is C19H31N3O5. The summed E-state index contributed by atoms with van der Waals surface area (Å²) in [5.41, 5.74) is -1.35. The van der Waals surface area contributed by atoms with Gasteiger partial charge in [-0.25, -0.2) is 4.79 Å². The first-order valence-corrected chi connectivity index (χ1v) is 9.71. The molecule has 0 unspecified atom stereocenters. The first kappa shape index (κ1) is 19.8. The summed E-state index contributed by atoms with van der Waals surface area (Å²) in [6, 6.07) is 0. The number of rotatable bonds is 2. The molecule has 1 amide bonds. The molecule has 3 rings (SSSR count). The van der Waals surface area contributed by atoms with Crippen molar-refractivity contribution in [2.45, 2.75) is 65.1 Å². The summed E-state index contributed by atoms with van der Waals surface area (Å²) in [7, 11) is 0. The highest BCUT2D eigenvalue weighted by atomic mass is 16.7. The maximum absolute atomic E-state index is 12.2. The monoisotopic (exact) mass is 381 g/mol. The van der Waals surface area contributed by atoms with Crippen LogP contribution in [-0.2, 0) is 19.1 Å². The molecule has 0 saturated carbocycles. The average molecular weight is 381 g/mol. The zero-order valence-corrected chi connectivity index (χ0v) is 17.0. The van der Waals surface area contributed by atoms with Gasteiger partial charge in [0.05, 0.1) is 31.5 Å². The predicted molar refractivity (Wildman–Crippen MR) is 99.2 cm³/mol. The number of ether oxygens (including phenoxy) is 2. The molecule has 0 bridgehead atoms. The molecule has 0 aromatic rings. The van der Waals surface area contributed by atoms with Crippen LogP contribution in [0.3, 0.4) is 0 Å². The topological polar surface area (TPSA) is 80.7 Å². The van der Waals surface area contributed by atoms with Crippen molar-refractivity contribution in [2.75, 3.05) is 32.8 Å². The van der Waals surface area contributed by atoms with Crippen molar-refractivity contribution >= 4 is 17.9 Å². The van der Waals surface area contributed by atoms with E-state index in [9.17, 15) is 9.59 Å². The lowest BCUT2D eigenvalue weighted by Gasteiger charge is -2.45. The van der Waals surface area contributed by atoms with Crippen LogP contribution in [0.4, 0.5) is 4.79 Å². The Kier molecular flexibility index (Phi) is 5.03. The minimum Gasteiger partial charge on any atom is -0.466 e. The van der Waals surface area contributed by atoms with Gasteiger partial charge in [-0.2, -0.15) is 0 Å². The summed E-state index contributed by atoms with van der Waals surface area (Å²) < 4.78 is 10.6. The molecule has 0 radical (unpaired) electrons. The highest BCUT2D eigenvalue weighted by Crippen LogP contribution is 2.38. The Morgan fingerprint density at radius 2 is 1.85 bits per heavy atom. The number of carbonyl (C=O) groups is 2. The van der Waals surface area contributed by atoms with Crippen LogP contribution in [-0.4, -0.2) is 71.7 Å². The van der Waals surface area contributed by atoms with Crippen molar-refractivity contribution in [3.8, 4) is 0 Å². The Balaban J connectivity index is 1.48. The van der Waals surface area contributed by atoms with E-state index < -0.39 is 16.6 Å². The van der Waals surface area contributed by atoms with E-state index >= 15 is 0 Å². The molecule has 1 spiro atoms. The molecule has 2 saturated heterocycles. The van der Waals surface area contributed by atoms with E-state index in [0.29, 0.717) is 26.1 Å². The normalized spacial score (nSPS) is 23.4. The van der Waals surface area contributed by atoms with Gasteiger partial charge in [0.1, 0.15) is 11.4 Å². The smallest absolute Gasteiger partial charge is 0.410 e. The molecule has 0 aliphatic carbocycles. The largest absolute Gasteiger partial charge is 0.466 e. The number of carbonyl (C=O) groups excluding carboxylic acids is 2. The van der Waals surface area contributed by atoms with Crippen LogP contribution in [0.1, 0.15) is 53.9 Å². The third-order valence-electron chi connectivity index (χ3n) is 5.43. The third-order valence-corrected chi connectivity index (χ3v) is 5.43. The Morgan fingerprint density at radius 1 is 1.22 bits per heavy atom. The maximum atomic E-state index is 12.2. The van der Waals surface area contributed by atoms with E-state index in [2.05, 4.69) is 10.1 Å². The standard InChI is InChI=1S/C19H31N3O5/c1-6-25-15(23)18(5)7-9-21(10-8-18)14-11-19(27-20-14)12-22(13-19)16(24)26-17(2,3)4/h6-13H2,1-5H3. The lowest BCUT2D eigenvalue weighted by molar-refractivity contribution is -0.156. The first-order valence-electron chi connectivity index (χ1n) is 9.71. The molecule has 0 aromatic carbocycles. The molecule has 3 heterocycles. The molecule has 3 aliphatic heterocycles. The van der Waals surface area contributed by atoms with Crippen molar-refractivity contribution < 1.29 is 23.9 Å². The second kappa shape index (κ2) is 6.87. The number of oxime groups is 1. The quantitative estimate of drug-likeness (QED) is 0.683. The molecule has 152 valence electrons. The van der Waals surface area contributed by atoms with Crippen molar-refractivity contribution in [3.63, 3.8) is 0 Å². The van der Waals surface area contributed by atoms with E-state index in [1.54, 1.807) is 4.90 Å². The summed E-state index contributed by atoms with van der Waals surface area (Å²) in [6.45, 7) is 12.3. The fraction of sp³-hybridized carbons (Fsp3) is 0.842. The second-order valence-corrected chi connectivity index (χ2v) is 9.06. The van der Waals surface area contributed by atoms with Gasteiger partial charge in [0.2, 0.25) is 0 Å². The average Bonchev–Trinajstić information content (AvgIpc) is 2.98. The zero-order chi connectivity index (χ0) is 19.9. The van der Waals surface area contributed by atoms with Crippen molar-refractivity contribution in [1.82, 2.24) is 9.80 Å². The van der Waals surface area contributed by atoms with E-state index in [0.717, 1.165) is 31.8 Å². The van der Waals surface area contributed by atoms with Crippen LogP contribution >= 0.6 is 0 Å². The number of amidine groups is 1. The summed E-state index contributed by atoms with van der Waals surface area (Å²) in [5, 5.41) is 4.28. The second-order valence-electron chi connectivity index (χ2n) is 9.06. The molecular weight excluding hydrogens is 350 g/mol. The molecule has 2 fully saturated rings. The predicted octanol–water partition coefficient (Wildman–Crippen LogP) is 2.37. The summed E-state index contributed by atoms with van der Waals surface area (Å²) in [4.78, 5) is 33.8. The van der Waals surface area contributed by atoms with Crippen LogP contribution in [0, 0.1) is 5.41 Å². The number of hydrogen-bond donors (Lipinski definition) is 0. The van der Waals surface area contributed by atoms with Gasteiger partial charge in [-0.3, -0.25) is 9.69 Å². The van der Waals surface area contributed by atoms with Gasteiger partial charge in [0.25, 0.3) is 0 Å². The Labute approximate surface area is 160 Å². The number of amides is 1. The van der Waals surface area contributed by atoms with Crippen molar-refractivity contribution in [3.05, 3.63) is 0 Å². The molecule has 0 atom stereocenters. The Bertz CT molecular complexity index is 626. The summed E-state index contributed by atoms with van der Waals surface area (Å²) >= 11 is 0. The number of nitrogens with zero attached hydrogens (tertiary/aromatic N) is 3. The molecule has 0 aromatic heterocycles. The van der Waals surface area contributed by atoms with Crippen LogP contribution in [0.2, 0.25) is 0 Å². The third kappa shape index (κ3) is 4.14. The van der Waals surface area contributed by atoms with Gasteiger partial charge in [0, 0.05) is 13.1 Å². The van der Waals surface area contributed by atoms with Gasteiger partial charge in [-0.1, -0.05) is 5.16 Å². The Hall–Kier alpha value is -1.99. The number of hydrogen-bond acceptors (Lipinski definition) is 7. The van der Waals surface area contributed by atoms with Gasteiger partial charge in [-0.05, 0) is 47.5 Å². The lowest BCUT2D eigenvalue weighted by Crippen LogP contribution is -2.64.